The number of hydrogen-bond donors (Lipinski definition) is 0. The molecule has 8 heteroatoms. The third-order valence-electron chi connectivity index (χ3n) is 15.5. The van der Waals surface area contributed by atoms with Gasteiger partial charge in [0.05, 0.1) is 46.9 Å². The van der Waals surface area contributed by atoms with Crippen LogP contribution in [0.1, 0.15) is 83.1 Å². The van der Waals surface area contributed by atoms with Gasteiger partial charge in [-0.05, 0) is 178 Å². The molecular weight excluding hydrogens is 929 g/mol. The number of anilines is 12. The van der Waals surface area contributed by atoms with E-state index in [4.69, 9.17) is 5.48 Å². The minimum atomic E-state index is -2.16. The van der Waals surface area contributed by atoms with Crippen molar-refractivity contribution >= 4 is 68.2 Å². The van der Waals surface area contributed by atoms with Crippen LogP contribution in [0.4, 0.5) is 68.2 Å². The first kappa shape index (κ1) is 47.8. The van der Waals surface area contributed by atoms with Crippen LogP contribution in [0.3, 0.4) is 0 Å². The van der Waals surface area contributed by atoms with Crippen LogP contribution in [0.5, 0.6) is 0 Å². The van der Waals surface area contributed by atoms with Gasteiger partial charge >= 0.3 is 0 Å². The van der Waals surface area contributed by atoms with Crippen LogP contribution in [0.25, 0.3) is 0 Å². The van der Waals surface area contributed by atoms with E-state index in [1.807, 2.05) is 82.3 Å². The van der Waals surface area contributed by atoms with Gasteiger partial charge in [-0.15, -0.1) is 0 Å². The molecule has 76 heavy (non-hydrogen) atoms. The highest BCUT2D eigenvalue weighted by Gasteiger charge is 2.37. The molecule has 0 N–H and O–H groups in total. The molecule has 8 nitrogen and oxygen atoms in total. The summed E-state index contributed by atoms with van der Waals surface area (Å²) in [4.78, 5) is 17.8. The Hall–Kier alpha value is -7.84. The quantitative estimate of drug-likeness (QED) is 0.163. The third kappa shape index (κ3) is 9.93. The first-order valence-corrected chi connectivity index (χ1v) is 27.0. The van der Waals surface area contributed by atoms with E-state index < -0.39 is 13.0 Å². The number of nitrogens with zero attached hydrogens (tertiary/aromatic N) is 8. The van der Waals surface area contributed by atoms with Gasteiger partial charge in [-0.2, -0.15) is 0 Å². The van der Waals surface area contributed by atoms with Crippen LogP contribution in [0.2, 0.25) is 0 Å². The van der Waals surface area contributed by atoms with Crippen LogP contribution in [0.15, 0.2) is 194 Å². The Labute approximate surface area is 461 Å². The first-order valence-electron chi connectivity index (χ1n) is 29.0. The zero-order chi connectivity index (χ0) is 57.4. The monoisotopic (exact) mass is 1010 g/mol. The molecule has 0 aliphatic carbocycles. The zero-order valence-electron chi connectivity index (χ0n) is 50.9. The maximum Gasteiger partial charge on any atom is 0.104 e. The van der Waals surface area contributed by atoms with Gasteiger partial charge in [0.1, 0.15) is 24.7 Å². The van der Waals surface area contributed by atoms with E-state index in [9.17, 15) is 0 Å². The van der Waals surface area contributed by atoms with Gasteiger partial charge in [0.2, 0.25) is 0 Å². The van der Waals surface area contributed by atoms with Gasteiger partial charge in [-0.25, -0.2) is 0 Å². The van der Waals surface area contributed by atoms with Crippen molar-refractivity contribution in [3.8, 4) is 0 Å². The lowest BCUT2D eigenvalue weighted by atomic mass is 10.1. The fourth-order valence-corrected chi connectivity index (χ4v) is 11.7. The highest BCUT2D eigenvalue weighted by atomic mass is 15.4. The molecular formula is C68H80N8. The van der Waals surface area contributed by atoms with Gasteiger partial charge < -0.3 is 39.2 Å². The molecule has 0 amide bonds. The van der Waals surface area contributed by atoms with Crippen molar-refractivity contribution in [1.29, 1.82) is 0 Å². The summed E-state index contributed by atoms with van der Waals surface area (Å²) in [6.45, 7) is 23.4. The van der Waals surface area contributed by atoms with E-state index in [1.54, 1.807) is 0 Å². The average Bonchev–Trinajstić information content (AvgIpc) is 4.21. The number of fused-ring (bicyclic) bond motifs is 4. The average molecular weight is 1010 g/mol. The summed E-state index contributed by atoms with van der Waals surface area (Å²) >= 11 is 0. The molecule has 4 aliphatic rings. The molecule has 392 valence electrons. The summed E-state index contributed by atoms with van der Waals surface area (Å²) in [6, 6.07) is 66.8. The molecule has 0 unspecified atom stereocenters. The van der Waals surface area contributed by atoms with E-state index in [1.165, 1.54) is 67.1 Å². The summed E-state index contributed by atoms with van der Waals surface area (Å²) in [7, 11) is 2.15. The van der Waals surface area contributed by atoms with E-state index >= 15 is 0 Å². The fraction of sp³-hybridized carbons (Fsp3) is 0.294. The van der Waals surface area contributed by atoms with Gasteiger partial charge in [-0.1, -0.05) is 121 Å². The minimum Gasteiger partial charge on any atom is -0.353 e. The normalized spacial score (nSPS) is 19.0. The van der Waals surface area contributed by atoms with E-state index in [2.05, 4.69) is 236 Å². The Bertz CT molecular complexity index is 3310. The highest BCUT2D eigenvalue weighted by molar-refractivity contribution is 5.88. The molecule has 4 aliphatic heterocycles. The van der Waals surface area contributed by atoms with Gasteiger partial charge in [0.15, 0.2) is 0 Å². The number of para-hydroxylation sites is 12. The lowest BCUT2D eigenvalue weighted by Crippen LogP contribution is -2.42. The highest BCUT2D eigenvalue weighted by Crippen LogP contribution is 2.48. The van der Waals surface area contributed by atoms with Crippen molar-refractivity contribution in [2.75, 3.05) is 53.2 Å². The molecule has 12 rings (SSSR count). The molecule has 8 aromatic rings. The molecule has 0 spiro atoms. The van der Waals surface area contributed by atoms with Crippen molar-refractivity contribution in [2.45, 2.75) is 120 Å². The molecule has 4 atom stereocenters. The Morgan fingerprint density at radius 2 is 0.553 bits per heavy atom. The van der Waals surface area contributed by atoms with Gasteiger partial charge in [0.25, 0.3) is 0 Å². The summed E-state index contributed by atoms with van der Waals surface area (Å²) in [5.74, 6) is 0. The molecule has 0 radical (unpaired) electrons. The Morgan fingerprint density at radius 3 is 0.868 bits per heavy atom. The Balaban J connectivity index is 0.000000129. The number of hydrogen-bond acceptors (Lipinski definition) is 8. The first-order chi connectivity index (χ1) is 38.1. The minimum absolute atomic E-state index is 0.121. The molecule has 4 heterocycles. The standard InChI is InChI=1S/2C18H22N2.2C16H18N2/c2*1-13(2)19-15(4)20(16-10-6-5-9-14(16)3)18-12-8-7-11-17(18)19;2*1-12-8-4-5-9-14(12)18-13(2)17(3)15-10-6-7-11-16(15)18/h2*5-13,15H,1-4H3;2*4-11,13H,1-3H3/t2*15-;2*13-/m0000/s1/i13D;;3D3;. The van der Waals surface area contributed by atoms with Crippen LogP contribution < -0.4 is 39.2 Å². The van der Waals surface area contributed by atoms with Crippen LogP contribution in [-0.2, 0) is 0 Å². The van der Waals surface area contributed by atoms with Crippen LogP contribution in [-0.4, -0.2) is 50.7 Å². The van der Waals surface area contributed by atoms with Crippen molar-refractivity contribution in [3.05, 3.63) is 216 Å². The summed E-state index contributed by atoms with van der Waals surface area (Å²) < 4.78 is 32.0. The van der Waals surface area contributed by atoms with Crippen molar-refractivity contribution in [3.63, 3.8) is 0 Å². The second-order valence-corrected chi connectivity index (χ2v) is 20.9. The Morgan fingerprint density at radius 1 is 0.316 bits per heavy atom. The SMILES string of the molecule is Cc1ccccc1N1c2ccccc2N(C(C)C)[C@@H]1C.Cc1ccccc1N1c2ccccc2N(C)[C@@H]1C.[2H]C(C)(C)N1c2ccccc2N(c2ccccc2C)[C@H]1C.[2H]C([2H])([2H])N1c2ccccc2N(c2ccccc2C)[C@H]1C. The van der Waals surface area contributed by atoms with Crippen molar-refractivity contribution in [2.24, 2.45) is 0 Å². The Kier molecular flexibility index (Phi) is 14.2. The number of benzene rings is 8. The van der Waals surface area contributed by atoms with Gasteiger partial charge in [0, 0.05) is 52.9 Å². The lowest BCUT2D eigenvalue weighted by molar-refractivity contribution is 0.606. The smallest absolute Gasteiger partial charge is 0.104 e. The molecule has 0 aromatic heterocycles. The van der Waals surface area contributed by atoms with Crippen molar-refractivity contribution in [1.82, 2.24) is 0 Å². The molecule has 0 bridgehead atoms. The second-order valence-electron chi connectivity index (χ2n) is 20.9. The topological polar surface area (TPSA) is 25.9 Å². The van der Waals surface area contributed by atoms with Crippen LogP contribution >= 0.6 is 0 Å². The lowest BCUT2D eigenvalue weighted by Gasteiger charge is -2.33. The summed E-state index contributed by atoms with van der Waals surface area (Å²) in [6.07, 6.45) is 0.559. The predicted molar refractivity (Wildman–Crippen MR) is 329 cm³/mol. The van der Waals surface area contributed by atoms with Crippen molar-refractivity contribution < 1.29 is 5.48 Å². The van der Waals surface area contributed by atoms with E-state index in [0.29, 0.717) is 18.4 Å². The number of rotatable bonds is 6. The summed E-state index contributed by atoms with van der Waals surface area (Å²) in [5.41, 5.74) is 19.1. The molecule has 0 fully saturated rings. The molecule has 0 saturated heterocycles. The fourth-order valence-electron chi connectivity index (χ4n) is 11.7. The van der Waals surface area contributed by atoms with E-state index in [0.717, 1.165) is 28.3 Å². The van der Waals surface area contributed by atoms with E-state index in [-0.39, 0.29) is 12.3 Å². The predicted octanol–water partition coefficient (Wildman–Crippen LogP) is 17.3. The third-order valence-corrected chi connectivity index (χ3v) is 15.5. The summed E-state index contributed by atoms with van der Waals surface area (Å²) in [5, 5.41) is 0. The largest absolute Gasteiger partial charge is 0.353 e. The van der Waals surface area contributed by atoms with Gasteiger partial charge in [-0.3, -0.25) is 0 Å². The van der Waals surface area contributed by atoms with Crippen LogP contribution in [0, 0.1) is 27.7 Å². The zero-order valence-corrected chi connectivity index (χ0v) is 46.9. The maximum absolute atomic E-state index is 8.50. The second kappa shape index (κ2) is 22.6. The molecule has 0 saturated carbocycles. The number of aryl methyl sites for hydroxylation is 4. The molecule has 8 aromatic carbocycles. The maximum atomic E-state index is 8.50.